The van der Waals surface area contributed by atoms with Crippen molar-refractivity contribution in [3.05, 3.63) is 0 Å². The molecule has 0 saturated heterocycles. The van der Waals surface area contributed by atoms with Crippen LogP contribution in [0.25, 0.3) is 0 Å². The number of ether oxygens (including phenoxy) is 1. The van der Waals surface area contributed by atoms with Gasteiger partial charge in [-0.05, 0) is 0 Å². The van der Waals surface area contributed by atoms with Gasteiger partial charge >= 0.3 is 0 Å². The predicted molar refractivity (Wildman–Crippen MR) is 42.9 cm³/mol. The summed E-state index contributed by atoms with van der Waals surface area (Å²) in [5.41, 5.74) is 5.07. The molecule has 0 unspecified atom stereocenters. The van der Waals surface area contributed by atoms with Crippen molar-refractivity contribution in [1.29, 1.82) is 0 Å². The van der Waals surface area contributed by atoms with E-state index in [4.69, 9.17) is 5.73 Å². The van der Waals surface area contributed by atoms with Crippen molar-refractivity contribution in [3.8, 4) is 0 Å². The van der Waals surface area contributed by atoms with E-state index in [0.29, 0.717) is 6.54 Å². The lowest BCUT2D eigenvalue weighted by molar-refractivity contribution is -0.123. The minimum Gasteiger partial charge on any atom is -0.370 e. The summed E-state index contributed by atoms with van der Waals surface area (Å²) < 4.78 is 27.4. The Kier molecular flexibility index (Phi) is 4.79. The maximum Gasteiger partial charge on any atom is 0.259 e. The molecule has 0 spiro atoms. The number of rotatable bonds is 5. The highest BCUT2D eigenvalue weighted by molar-refractivity contribution is 7.89. The highest BCUT2D eigenvalue weighted by Crippen LogP contribution is 1.77. The molecule has 0 aliphatic carbocycles. The number of nitrogens with two attached hydrogens (primary N) is 1. The van der Waals surface area contributed by atoms with Gasteiger partial charge in [0.15, 0.2) is 0 Å². The summed E-state index contributed by atoms with van der Waals surface area (Å²) in [6.07, 6.45) is 0.897. The Morgan fingerprint density at radius 2 is 2.17 bits per heavy atom. The van der Waals surface area contributed by atoms with Crippen LogP contribution >= 0.6 is 0 Å². The normalized spacial score (nSPS) is 11.2. The van der Waals surface area contributed by atoms with E-state index in [1.165, 1.54) is 0 Å². The maximum absolute atomic E-state index is 10.7. The maximum atomic E-state index is 10.7. The quantitative estimate of drug-likeness (QED) is 0.497. The van der Waals surface area contributed by atoms with E-state index in [1.54, 1.807) is 4.72 Å². The number of amides is 1. The van der Waals surface area contributed by atoms with Crippen molar-refractivity contribution in [3.63, 3.8) is 0 Å². The molecule has 0 aromatic rings. The van der Waals surface area contributed by atoms with E-state index < -0.39 is 15.9 Å². The third-order valence-corrected chi connectivity index (χ3v) is 1.39. The van der Waals surface area contributed by atoms with Crippen LogP contribution in [0.4, 0.5) is 0 Å². The van der Waals surface area contributed by atoms with Crippen molar-refractivity contribution in [2.75, 3.05) is 26.0 Å². The lowest BCUT2D eigenvalue weighted by atomic mass is 10.6. The molecule has 6 nitrogen and oxygen atoms in total. The summed E-state index contributed by atoms with van der Waals surface area (Å²) in [5, 5.41) is 0. The molecule has 0 atom stereocenters. The average Bonchev–Trinajstić information content (AvgIpc) is 1.84. The van der Waals surface area contributed by atoms with Crippen LogP contribution in [0, 0.1) is 0 Å². The Hall–Kier alpha value is -0.660. The number of hydrogen-bond acceptors (Lipinski definition) is 5. The molecule has 0 bridgehead atoms. The summed E-state index contributed by atoms with van der Waals surface area (Å²) in [4.78, 5) is 10.7. The van der Waals surface area contributed by atoms with Gasteiger partial charge in [-0.3, -0.25) is 9.52 Å². The lowest BCUT2D eigenvalue weighted by Gasteiger charge is -2.02. The van der Waals surface area contributed by atoms with Crippen LogP contribution in [0.2, 0.25) is 0 Å². The average molecular weight is 196 g/mol. The zero-order valence-corrected chi connectivity index (χ0v) is 7.56. The van der Waals surface area contributed by atoms with Crippen molar-refractivity contribution in [2.45, 2.75) is 0 Å². The first-order valence-electron chi connectivity index (χ1n) is 3.24. The van der Waals surface area contributed by atoms with E-state index in [1.807, 2.05) is 0 Å². The van der Waals surface area contributed by atoms with Gasteiger partial charge in [-0.25, -0.2) is 8.42 Å². The Morgan fingerprint density at radius 3 is 2.58 bits per heavy atom. The molecule has 0 rings (SSSR count). The standard InChI is InChI=1S/C5H12N2O4S/c1-12(9,10)7-5(8)4-11-3-2-6/h2-4,6H2,1H3,(H,7,8). The van der Waals surface area contributed by atoms with Crippen molar-refractivity contribution in [1.82, 2.24) is 4.72 Å². The van der Waals surface area contributed by atoms with Crippen LogP contribution in [-0.4, -0.2) is 40.3 Å². The summed E-state index contributed by atoms with van der Waals surface area (Å²) >= 11 is 0. The Bertz CT molecular complexity index is 236. The first-order chi connectivity index (χ1) is 5.45. The monoisotopic (exact) mass is 196 g/mol. The number of carbonyl (C=O) groups is 1. The second-order valence-corrected chi connectivity index (χ2v) is 3.89. The van der Waals surface area contributed by atoms with Crippen LogP contribution in [0.5, 0.6) is 0 Å². The molecular weight excluding hydrogens is 184 g/mol. The fourth-order valence-electron chi connectivity index (χ4n) is 0.484. The van der Waals surface area contributed by atoms with E-state index in [-0.39, 0.29) is 13.2 Å². The Morgan fingerprint density at radius 1 is 1.58 bits per heavy atom. The number of hydrogen-bond donors (Lipinski definition) is 2. The fraction of sp³-hybridized carbons (Fsp3) is 0.800. The second kappa shape index (κ2) is 5.07. The van der Waals surface area contributed by atoms with Crippen molar-refractivity contribution in [2.24, 2.45) is 5.73 Å². The van der Waals surface area contributed by atoms with Gasteiger partial charge in [0.05, 0.1) is 12.9 Å². The third-order valence-electron chi connectivity index (χ3n) is 0.795. The zero-order valence-electron chi connectivity index (χ0n) is 6.74. The molecule has 0 radical (unpaired) electrons. The van der Waals surface area contributed by atoms with E-state index in [2.05, 4.69) is 4.74 Å². The Balaban J connectivity index is 3.62. The largest absolute Gasteiger partial charge is 0.370 e. The van der Waals surface area contributed by atoms with Gasteiger partial charge in [0.2, 0.25) is 10.0 Å². The van der Waals surface area contributed by atoms with Crippen LogP contribution in [0.1, 0.15) is 0 Å². The van der Waals surface area contributed by atoms with Crippen LogP contribution in [0.15, 0.2) is 0 Å². The molecule has 0 heterocycles. The molecule has 0 aliphatic heterocycles. The summed E-state index contributed by atoms with van der Waals surface area (Å²) in [6.45, 7) is 0.244. The molecule has 1 amide bonds. The lowest BCUT2D eigenvalue weighted by Crippen LogP contribution is -2.33. The fourth-order valence-corrected chi connectivity index (χ4v) is 0.957. The van der Waals surface area contributed by atoms with Gasteiger partial charge in [-0.1, -0.05) is 0 Å². The van der Waals surface area contributed by atoms with Gasteiger partial charge in [-0.15, -0.1) is 0 Å². The SMILES string of the molecule is CS(=O)(=O)NC(=O)COCCN. The minimum absolute atomic E-state index is 0.233. The topological polar surface area (TPSA) is 98.5 Å². The summed E-state index contributed by atoms with van der Waals surface area (Å²) in [6, 6.07) is 0. The molecule has 0 saturated carbocycles. The molecule has 0 aromatic carbocycles. The van der Waals surface area contributed by atoms with E-state index in [9.17, 15) is 13.2 Å². The van der Waals surface area contributed by atoms with Crippen LogP contribution < -0.4 is 10.5 Å². The van der Waals surface area contributed by atoms with Crippen molar-refractivity contribution < 1.29 is 17.9 Å². The highest BCUT2D eigenvalue weighted by Gasteiger charge is 2.07. The molecule has 7 heteroatoms. The van der Waals surface area contributed by atoms with E-state index >= 15 is 0 Å². The molecule has 0 fully saturated rings. The minimum atomic E-state index is -3.47. The first-order valence-corrected chi connectivity index (χ1v) is 5.13. The Labute approximate surface area is 71.1 Å². The van der Waals surface area contributed by atoms with Gasteiger partial charge in [0.1, 0.15) is 6.61 Å². The number of nitrogens with one attached hydrogen (secondary N) is 1. The smallest absolute Gasteiger partial charge is 0.259 e. The highest BCUT2D eigenvalue weighted by atomic mass is 32.2. The number of sulfonamides is 1. The predicted octanol–water partition coefficient (Wildman–Crippen LogP) is -1.96. The molecular formula is C5H12N2O4S. The molecule has 0 aromatic heterocycles. The van der Waals surface area contributed by atoms with Gasteiger partial charge < -0.3 is 10.5 Å². The third kappa shape index (κ3) is 7.45. The molecule has 3 N–H and O–H groups in total. The van der Waals surface area contributed by atoms with Gasteiger partial charge in [0.25, 0.3) is 5.91 Å². The van der Waals surface area contributed by atoms with E-state index in [0.717, 1.165) is 6.26 Å². The summed E-state index contributed by atoms with van der Waals surface area (Å²) in [5.74, 6) is -0.689. The van der Waals surface area contributed by atoms with Gasteiger partial charge in [-0.2, -0.15) is 0 Å². The second-order valence-electron chi connectivity index (χ2n) is 2.14. The van der Waals surface area contributed by atoms with Crippen LogP contribution in [0.3, 0.4) is 0 Å². The molecule has 12 heavy (non-hydrogen) atoms. The number of carbonyl (C=O) groups excluding carboxylic acids is 1. The van der Waals surface area contributed by atoms with Gasteiger partial charge in [0, 0.05) is 6.54 Å². The molecule has 72 valence electrons. The zero-order chi connectivity index (χ0) is 9.61. The first kappa shape index (κ1) is 11.3. The van der Waals surface area contributed by atoms with Crippen LogP contribution in [-0.2, 0) is 19.6 Å². The molecule has 0 aliphatic rings. The van der Waals surface area contributed by atoms with Crippen molar-refractivity contribution >= 4 is 15.9 Å². The summed E-state index contributed by atoms with van der Waals surface area (Å²) in [7, 11) is -3.47.